The van der Waals surface area contributed by atoms with Crippen LogP contribution in [0.15, 0.2) is 15.9 Å². The zero-order valence-corrected chi connectivity index (χ0v) is 13.5. The lowest BCUT2D eigenvalue weighted by molar-refractivity contribution is 0.0733. The van der Waals surface area contributed by atoms with Crippen LogP contribution in [-0.2, 0) is 6.42 Å². The van der Waals surface area contributed by atoms with E-state index in [0.29, 0.717) is 5.92 Å². The molecule has 1 aromatic rings. The minimum Gasteiger partial charge on any atom is -0.392 e. The smallest absolute Gasteiger partial charge is 0.0616 e. The van der Waals surface area contributed by atoms with Gasteiger partial charge in [-0.2, -0.15) is 0 Å². The molecule has 1 atom stereocenters. The fraction of sp³-hybridized carbons (Fsp3) is 0.733. The van der Waals surface area contributed by atoms with Gasteiger partial charge in [-0.1, -0.05) is 32.6 Å². The Kier molecular flexibility index (Phi) is 5.71. The van der Waals surface area contributed by atoms with Gasteiger partial charge in [-0.25, -0.2) is 0 Å². The largest absolute Gasteiger partial charge is 0.392 e. The summed E-state index contributed by atoms with van der Waals surface area (Å²) in [6, 6.07) is 2.07. The summed E-state index contributed by atoms with van der Waals surface area (Å²) in [7, 11) is 0. The normalized spacial score (nSPS) is 26.2. The van der Waals surface area contributed by atoms with E-state index in [-0.39, 0.29) is 6.10 Å². The number of thiophene rings is 1. The summed E-state index contributed by atoms with van der Waals surface area (Å²) in [5.74, 6) is 1.44. The van der Waals surface area contributed by atoms with E-state index in [1.807, 2.05) is 0 Å². The van der Waals surface area contributed by atoms with Crippen LogP contribution in [0.1, 0.15) is 50.3 Å². The second-order valence-electron chi connectivity index (χ2n) is 5.53. The van der Waals surface area contributed by atoms with Crippen molar-refractivity contribution < 1.29 is 5.11 Å². The summed E-state index contributed by atoms with van der Waals surface area (Å²) in [6.07, 6.45) is 8.43. The zero-order chi connectivity index (χ0) is 13.0. The van der Waals surface area contributed by atoms with E-state index < -0.39 is 0 Å². The Morgan fingerprint density at radius 1 is 1.39 bits per heavy atom. The van der Waals surface area contributed by atoms with Crippen molar-refractivity contribution in [3.63, 3.8) is 0 Å². The Hall–Kier alpha value is 0.140. The van der Waals surface area contributed by atoms with Crippen LogP contribution in [0, 0.1) is 11.8 Å². The average molecular weight is 331 g/mol. The number of halogens is 1. The Labute approximate surface area is 123 Å². The predicted molar refractivity (Wildman–Crippen MR) is 82.1 cm³/mol. The summed E-state index contributed by atoms with van der Waals surface area (Å²) in [6.45, 7) is 2.27. The minimum absolute atomic E-state index is 0.150. The molecule has 0 radical (unpaired) electrons. The van der Waals surface area contributed by atoms with E-state index >= 15 is 0 Å². The maximum absolute atomic E-state index is 10.4. The molecule has 3 heteroatoms. The number of hydrogen-bond acceptors (Lipinski definition) is 2. The second-order valence-corrected chi connectivity index (χ2v) is 7.39. The fourth-order valence-electron chi connectivity index (χ4n) is 3.10. The summed E-state index contributed by atoms with van der Waals surface area (Å²) in [4.78, 5) is 1.29. The van der Waals surface area contributed by atoms with Gasteiger partial charge in [0, 0.05) is 15.8 Å². The minimum atomic E-state index is -0.150. The van der Waals surface area contributed by atoms with Gasteiger partial charge in [-0.15, -0.1) is 11.3 Å². The number of aliphatic hydroxyl groups excluding tert-OH is 1. The molecule has 0 bridgehead atoms. The van der Waals surface area contributed by atoms with Gasteiger partial charge in [0.2, 0.25) is 0 Å². The van der Waals surface area contributed by atoms with Crippen LogP contribution in [0.3, 0.4) is 0 Å². The number of rotatable bonds is 5. The molecule has 0 aliphatic heterocycles. The van der Waals surface area contributed by atoms with Crippen molar-refractivity contribution in [2.24, 2.45) is 11.8 Å². The molecule has 2 rings (SSSR count). The lowest BCUT2D eigenvalue weighted by atomic mass is 9.77. The summed E-state index contributed by atoms with van der Waals surface area (Å²) < 4.78 is 1.16. The highest BCUT2D eigenvalue weighted by Crippen LogP contribution is 2.35. The Morgan fingerprint density at radius 3 is 2.67 bits per heavy atom. The molecule has 1 unspecified atom stereocenters. The molecular formula is C15H23BrOS. The van der Waals surface area contributed by atoms with Crippen LogP contribution in [0.2, 0.25) is 0 Å². The number of aliphatic hydroxyl groups is 1. The third-order valence-electron chi connectivity index (χ3n) is 4.22. The van der Waals surface area contributed by atoms with Gasteiger partial charge in [0.05, 0.1) is 6.10 Å². The third kappa shape index (κ3) is 3.82. The monoisotopic (exact) mass is 330 g/mol. The summed E-state index contributed by atoms with van der Waals surface area (Å²) in [5, 5.41) is 12.5. The van der Waals surface area contributed by atoms with Gasteiger partial charge in [0.1, 0.15) is 0 Å². The van der Waals surface area contributed by atoms with E-state index in [4.69, 9.17) is 0 Å². The van der Waals surface area contributed by atoms with Gasteiger partial charge >= 0.3 is 0 Å². The van der Waals surface area contributed by atoms with Gasteiger partial charge in [0.25, 0.3) is 0 Å². The molecule has 0 amide bonds. The van der Waals surface area contributed by atoms with Crippen molar-refractivity contribution in [1.29, 1.82) is 0 Å². The fourth-order valence-corrected chi connectivity index (χ4v) is 4.66. The highest BCUT2D eigenvalue weighted by molar-refractivity contribution is 9.10. The molecule has 1 aromatic heterocycles. The van der Waals surface area contributed by atoms with Crippen molar-refractivity contribution >= 4 is 27.3 Å². The molecule has 1 saturated carbocycles. The van der Waals surface area contributed by atoms with Gasteiger partial charge in [0.15, 0.2) is 0 Å². The van der Waals surface area contributed by atoms with E-state index in [1.54, 1.807) is 11.3 Å². The number of hydrogen-bond donors (Lipinski definition) is 1. The van der Waals surface area contributed by atoms with Crippen LogP contribution < -0.4 is 0 Å². The first-order valence-electron chi connectivity index (χ1n) is 7.10. The molecule has 0 saturated heterocycles. The Morgan fingerprint density at radius 2 is 2.11 bits per heavy atom. The van der Waals surface area contributed by atoms with Crippen molar-refractivity contribution in [3.8, 4) is 0 Å². The molecular weight excluding hydrogens is 308 g/mol. The SMILES string of the molecule is CCCC1CCC(C(O)Cc2sccc2Br)CC1. The molecule has 0 aromatic carbocycles. The maximum atomic E-state index is 10.4. The molecule has 1 N–H and O–H groups in total. The molecule has 102 valence electrons. The average Bonchev–Trinajstić information content (AvgIpc) is 2.76. The van der Waals surface area contributed by atoms with Gasteiger partial charge in [-0.3, -0.25) is 0 Å². The van der Waals surface area contributed by atoms with Crippen LogP contribution in [-0.4, -0.2) is 11.2 Å². The van der Waals surface area contributed by atoms with E-state index in [1.165, 1.54) is 43.4 Å². The van der Waals surface area contributed by atoms with E-state index in [2.05, 4.69) is 34.3 Å². The summed E-state index contributed by atoms with van der Waals surface area (Å²) in [5.41, 5.74) is 0. The standard InChI is InChI=1S/C15H23BrOS/c1-2-3-11-4-6-12(7-5-11)14(17)10-15-13(16)8-9-18-15/h8-9,11-12,14,17H,2-7,10H2,1H3. The quantitative estimate of drug-likeness (QED) is 0.803. The first-order valence-corrected chi connectivity index (χ1v) is 8.78. The lowest BCUT2D eigenvalue weighted by Gasteiger charge is -2.31. The topological polar surface area (TPSA) is 20.2 Å². The molecule has 1 heterocycles. The molecule has 18 heavy (non-hydrogen) atoms. The first-order chi connectivity index (χ1) is 8.70. The zero-order valence-electron chi connectivity index (χ0n) is 11.1. The van der Waals surface area contributed by atoms with Crippen LogP contribution >= 0.6 is 27.3 Å². The van der Waals surface area contributed by atoms with E-state index in [9.17, 15) is 5.11 Å². The van der Waals surface area contributed by atoms with E-state index in [0.717, 1.165) is 16.8 Å². The lowest BCUT2D eigenvalue weighted by Crippen LogP contribution is -2.27. The Bertz CT molecular complexity index is 355. The molecule has 1 aliphatic rings. The Balaban J connectivity index is 1.80. The van der Waals surface area contributed by atoms with Crippen molar-refractivity contribution in [1.82, 2.24) is 0 Å². The highest BCUT2D eigenvalue weighted by Gasteiger charge is 2.26. The van der Waals surface area contributed by atoms with Crippen molar-refractivity contribution in [2.45, 2.75) is 58.0 Å². The second kappa shape index (κ2) is 7.06. The van der Waals surface area contributed by atoms with Crippen LogP contribution in [0.4, 0.5) is 0 Å². The predicted octanol–water partition coefficient (Wildman–Crippen LogP) is 5.02. The van der Waals surface area contributed by atoms with Gasteiger partial charge in [-0.05, 0) is 52.1 Å². The van der Waals surface area contributed by atoms with Gasteiger partial charge < -0.3 is 5.11 Å². The third-order valence-corrected chi connectivity index (χ3v) is 6.17. The highest BCUT2D eigenvalue weighted by atomic mass is 79.9. The molecule has 0 spiro atoms. The first kappa shape index (κ1) is 14.5. The molecule has 1 fully saturated rings. The van der Waals surface area contributed by atoms with Crippen LogP contribution in [0.25, 0.3) is 0 Å². The van der Waals surface area contributed by atoms with Crippen molar-refractivity contribution in [3.05, 3.63) is 20.8 Å². The molecule has 1 nitrogen and oxygen atoms in total. The van der Waals surface area contributed by atoms with Crippen LogP contribution in [0.5, 0.6) is 0 Å². The summed E-state index contributed by atoms with van der Waals surface area (Å²) >= 11 is 5.29. The molecule has 1 aliphatic carbocycles. The van der Waals surface area contributed by atoms with Crippen molar-refractivity contribution in [2.75, 3.05) is 0 Å². The maximum Gasteiger partial charge on any atom is 0.0616 e.